The lowest BCUT2D eigenvalue weighted by Gasteiger charge is -2.26. The second-order valence-electron chi connectivity index (χ2n) is 9.03. The van der Waals surface area contributed by atoms with E-state index in [1.54, 1.807) is 48.5 Å². The zero-order chi connectivity index (χ0) is 27.2. The van der Waals surface area contributed by atoms with Gasteiger partial charge in [-0.05, 0) is 50.2 Å². The van der Waals surface area contributed by atoms with Gasteiger partial charge in [0, 0.05) is 16.5 Å². The third-order valence-corrected chi connectivity index (χ3v) is 8.18. The molecule has 3 unspecified atom stereocenters. The Hall–Kier alpha value is -3.02. The molecule has 37 heavy (non-hydrogen) atoms. The lowest BCUT2D eigenvalue weighted by Crippen LogP contribution is -2.47. The van der Waals surface area contributed by atoms with Crippen molar-refractivity contribution in [1.82, 2.24) is 0 Å². The quantitative estimate of drug-likeness (QED) is 0.192. The normalized spacial score (nSPS) is 16.4. The van der Waals surface area contributed by atoms with Crippen LogP contribution in [0.1, 0.15) is 13.8 Å². The first-order chi connectivity index (χ1) is 17.1. The number of ether oxygens (including phenoxy) is 2. The molecule has 11 heteroatoms. The molecular weight excluding hydrogens is 522 g/mol. The summed E-state index contributed by atoms with van der Waals surface area (Å²) in [7, 11) is -0.774. The minimum atomic E-state index is -4.88. The molecule has 4 rings (SSSR count). The third kappa shape index (κ3) is 5.21. The molecule has 4 aromatic rings. The van der Waals surface area contributed by atoms with E-state index >= 15 is 0 Å². The minimum absolute atomic E-state index is 0.120. The largest absolute Gasteiger partial charge is 0.490 e. The molecule has 0 radical (unpaired) electrons. The van der Waals surface area contributed by atoms with Crippen LogP contribution in [-0.4, -0.2) is 47.0 Å². The maximum Gasteiger partial charge on any atom is 0.420 e. The number of rotatable bonds is 7. The number of aliphatic hydroxyl groups is 2. The topological polar surface area (TPSA) is 58.9 Å². The van der Waals surface area contributed by atoms with Crippen LogP contribution < -0.4 is 9.47 Å². The number of alkyl halides is 6. The second kappa shape index (κ2) is 9.38. The van der Waals surface area contributed by atoms with Crippen molar-refractivity contribution in [2.45, 2.75) is 37.4 Å². The van der Waals surface area contributed by atoms with Crippen molar-refractivity contribution in [3.63, 3.8) is 0 Å². The molecule has 3 atom stereocenters. The van der Waals surface area contributed by atoms with E-state index < -0.39 is 47.2 Å². The van der Waals surface area contributed by atoms with Crippen molar-refractivity contribution in [2.75, 3.05) is 13.2 Å². The van der Waals surface area contributed by atoms with Crippen LogP contribution in [0.15, 0.2) is 66.7 Å². The fourth-order valence-electron chi connectivity index (χ4n) is 3.59. The average molecular weight is 546 g/mol. The predicted molar refractivity (Wildman–Crippen MR) is 130 cm³/mol. The number of benzene rings is 3. The Morgan fingerprint density at radius 1 is 0.703 bits per heavy atom. The van der Waals surface area contributed by atoms with E-state index in [4.69, 9.17) is 9.47 Å². The van der Waals surface area contributed by atoms with Gasteiger partial charge in [0.2, 0.25) is 0 Å². The van der Waals surface area contributed by atoms with Gasteiger partial charge < -0.3 is 19.7 Å². The minimum Gasteiger partial charge on any atom is -0.490 e. The van der Waals surface area contributed by atoms with Gasteiger partial charge in [-0.1, -0.05) is 24.3 Å². The van der Waals surface area contributed by atoms with E-state index in [1.165, 1.54) is 12.1 Å². The standard InChI is InChI=1S/C26H23F6O4S/c1-23(33,25(27,28)29)14-35-16-7-5-8-17(13-16)37-20-11-4-3-9-18(20)22-19(10-6-12-21(22)37)36-15-24(2,34)26(30,31)32/h3-13,33-34H,14-15H2,1-2H3/q+1. The van der Waals surface area contributed by atoms with Gasteiger partial charge in [-0.25, -0.2) is 0 Å². The van der Waals surface area contributed by atoms with Crippen LogP contribution in [0.25, 0.3) is 25.1 Å². The fourth-order valence-corrected chi connectivity index (χ4v) is 6.01. The van der Waals surface area contributed by atoms with E-state index in [9.17, 15) is 36.6 Å². The van der Waals surface area contributed by atoms with Crippen LogP contribution >= 0.6 is 10.5 Å². The molecule has 1 aromatic heterocycles. The zero-order valence-electron chi connectivity index (χ0n) is 19.7. The Bertz CT molecular complexity index is 1420. The van der Waals surface area contributed by atoms with E-state index in [1.807, 2.05) is 6.07 Å². The van der Waals surface area contributed by atoms with E-state index in [0.717, 1.165) is 14.8 Å². The Morgan fingerprint density at radius 2 is 1.27 bits per heavy atom. The zero-order valence-corrected chi connectivity index (χ0v) is 20.5. The lowest BCUT2D eigenvalue weighted by molar-refractivity contribution is -0.260. The Kier molecular flexibility index (Phi) is 6.85. The van der Waals surface area contributed by atoms with Gasteiger partial charge >= 0.3 is 12.4 Å². The van der Waals surface area contributed by atoms with Crippen LogP contribution in [0.2, 0.25) is 0 Å². The monoisotopic (exact) mass is 545 g/mol. The molecule has 0 bridgehead atoms. The van der Waals surface area contributed by atoms with Crippen LogP contribution in [0.3, 0.4) is 0 Å². The summed E-state index contributed by atoms with van der Waals surface area (Å²) in [5.74, 6) is 0.284. The van der Waals surface area contributed by atoms with Gasteiger partial charge in [0.05, 0.1) is 10.8 Å². The third-order valence-electron chi connectivity index (χ3n) is 5.88. The number of thiophene rings is 1. The first-order valence-corrected chi connectivity index (χ1v) is 12.3. The lowest BCUT2D eigenvalue weighted by atomic mass is 10.1. The van der Waals surface area contributed by atoms with Crippen LogP contribution in [0.4, 0.5) is 26.3 Å². The molecule has 0 fully saturated rings. The summed E-state index contributed by atoms with van der Waals surface area (Å²) in [6.45, 7) is -0.751. The van der Waals surface area contributed by atoms with Gasteiger partial charge in [0.25, 0.3) is 0 Å². The van der Waals surface area contributed by atoms with Crippen molar-refractivity contribution >= 4 is 30.6 Å². The van der Waals surface area contributed by atoms with Crippen molar-refractivity contribution in [3.05, 3.63) is 66.7 Å². The van der Waals surface area contributed by atoms with Gasteiger partial charge in [-0.15, -0.1) is 0 Å². The SMILES string of the molecule is CC(O)(COc1cccc(-[s+]2c3ccccc3c3c(OCC(C)(O)C(F)(F)F)cccc32)c1)C(F)(F)F. The highest BCUT2D eigenvalue weighted by molar-refractivity contribution is 7.50. The summed E-state index contributed by atoms with van der Waals surface area (Å²) < 4.78 is 90.9. The molecule has 0 amide bonds. The molecule has 1 heterocycles. The number of halogens is 6. The Balaban J connectivity index is 1.77. The van der Waals surface area contributed by atoms with Gasteiger partial charge in [0.15, 0.2) is 25.5 Å². The van der Waals surface area contributed by atoms with Gasteiger partial charge in [0.1, 0.15) is 24.7 Å². The molecule has 0 saturated heterocycles. The highest BCUT2D eigenvalue weighted by atomic mass is 32.2. The van der Waals surface area contributed by atoms with Crippen molar-refractivity contribution < 1.29 is 46.0 Å². The van der Waals surface area contributed by atoms with Crippen LogP contribution in [-0.2, 0) is 0 Å². The average Bonchev–Trinajstić information content (AvgIpc) is 3.15. The molecule has 0 aliphatic rings. The molecular formula is C26H23F6O4S+. The first kappa shape index (κ1) is 27.0. The summed E-state index contributed by atoms with van der Waals surface area (Å²) in [6.07, 6.45) is -9.76. The number of hydrogen-bond acceptors (Lipinski definition) is 4. The Labute approximate surface area is 210 Å². The van der Waals surface area contributed by atoms with Crippen LogP contribution in [0.5, 0.6) is 11.5 Å². The summed E-state index contributed by atoms with van der Waals surface area (Å²) >= 11 is 0. The van der Waals surface area contributed by atoms with Gasteiger partial charge in [-0.3, -0.25) is 0 Å². The molecule has 0 saturated carbocycles. The summed E-state index contributed by atoms with van der Waals surface area (Å²) in [4.78, 5) is 0.690. The van der Waals surface area contributed by atoms with Gasteiger partial charge in [-0.2, -0.15) is 26.3 Å². The van der Waals surface area contributed by atoms with E-state index in [0.29, 0.717) is 24.1 Å². The van der Waals surface area contributed by atoms with Crippen molar-refractivity contribution in [2.24, 2.45) is 0 Å². The Morgan fingerprint density at radius 3 is 1.92 bits per heavy atom. The highest BCUT2D eigenvalue weighted by Gasteiger charge is 2.51. The van der Waals surface area contributed by atoms with Crippen LogP contribution in [0, 0.1) is 0 Å². The fraction of sp³-hybridized carbons (Fsp3) is 0.308. The predicted octanol–water partition coefficient (Wildman–Crippen LogP) is 7.12. The maximum atomic E-state index is 13.2. The van der Waals surface area contributed by atoms with Crippen molar-refractivity contribution in [3.8, 4) is 16.4 Å². The smallest absolute Gasteiger partial charge is 0.420 e. The van der Waals surface area contributed by atoms with Crippen molar-refractivity contribution in [1.29, 1.82) is 0 Å². The molecule has 3 aromatic carbocycles. The molecule has 198 valence electrons. The number of fused-ring (bicyclic) bond motifs is 3. The maximum absolute atomic E-state index is 13.2. The molecule has 0 aliphatic heterocycles. The molecule has 4 nitrogen and oxygen atoms in total. The summed E-state index contributed by atoms with van der Waals surface area (Å²) in [5, 5.41) is 20.8. The molecule has 0 spiro atoms. The summed E-state index contributed by atoms with van der Waals surface area (Å²) in [5.41, 5.74) is -6.10. The highest BCUT2D eigenvalue weighted by Crippen LogP contribution is 2.51. The summed E-state index contributed by atoms with van der Waals surface area (Å²) in [6, 6.07) is 18.6. The first-order valence-electron chi connectivity index (χ1n) is 11.0. The number of hydrogen-bond donors (Lipinski definition) is 2. The van der Waals surface area contributed by atoms with E-state index in [-0.39, 0.29) is 11.5 Å². The molecule has 2 N–H and O–H groups in total. The second-order valence-corrected chi connectivity index (χ2v) is 11.0. The molecule has 0 aliphatic carbocycles. The van der Waals surface area contributed by atoms with E-state index in [2.05, 4.69) is 0 Å².